The fourth-order valence-electron chi connectivity index (χ4n) is 4.26. The summed E-state index contributed by atoms with van der Waals surface area (Å²) in [5.74, 6) is 2.46. The maximum Gasteiger partial charge on any atom is 0.231 e. The SMILES string of the molecule is Cc1ccc([C@@H]2Oc3ccc(Br)cc3[C@@H]3CC(c4ccc5c(c4)OCO5)=NN32)cc1. The van der Waals surface area contributed by atoms with Crippen molar-refractivity contribution in [3.8, 4) is 17.2 Å². The van der Waals surface area contributed by atoms with Crippen LogP contribution in [0.25, 0.3) is 0 Å². The van der Waals surface area contributed by atoms with Crippen molar-refractivity contribution >= 4 is 21.6 Å². The van der Waals surface area contributed by atoms with Gasteiger partial charge in [-0.2, -0.15) is 5.10 Å². The lowest BCUT2D eigenvalue weighted by Crippen LogP contribution is -2.33. The zero-order valence-electron chi connectivity index (χ0n) is 16.3. The van der Waals surface area contributed by atoms with E-state index in [1.54, 1.807) is 0 Å². The van der Waals surface area contributed by atoms with Crippen molar-refractivity contribution in [1.29, 1.82) is 0 Å². The molecule has 0 N–H and O–H groups in total. The zero-order chi connectivity index (χ0) is 20.2. The highest BCUT2D eigenvalue weighted by Gasteiger charge is 2.41. The molecule has 0 radical (unpaired) electrons. The molecular formula is C24H19BrN2O3. The molecule has 3 aromatic carbocycles. The van der Waals surface area contributed by atoms with E-state index in [0.717, 1.165) is 50.5 Å². The van der Waals surface area contributed by atoms with Gasteiger partial charge in [-0.1, -0.05) is 45.8 Å². The fourth-order valence-corrected chi connectivity index (χ4v) is 4.64. The molecule has 3 heterocycles. The molecule has 2 atom stereocenters. The van der Waals surface area contributed by atoms with E-state index >= 15 is 0 Å². The van der Waals surface area contributed by atoms with Gasteiger partial charge in [0, 0.05) is 27.6 Å². The number of ether oxygens (including phenoxy) is 3. The first-order chi connectivity index (χ1) is 14.7. The largest absolute Gasteiger partial charge is 0.464 e. The molecule has 3 aliphatic rings. The molecule has 0 saturated carbocycles. The van der Waals surface area contributed by atoms with Gasteiger partial charge in [-0.15, -0.1) is 0 Å². The number of hydrogen-bond acceptors (Lipinski definition) is 5. The van der Waals surface area contributed by atoms with E-state index in [0.29, 0.717) is 0 Å². The summed E-state index contributed by atoms with van der Waals surface area (Å²) in [6.45, 7) is 2.36. The highest BCUT2D eigenvalue weighted by Crippen LogP contribution is 2.48. The maximum absolute atomic E-state index is 6.44. The van der Waals surface area contributed by atoms with E-state index < -0.39 is 0 Å². The second-order valence-electron chi connectivity index (χ2n) is 7.78. The fraction of sp³-hybridized carbons (Fsp3) is 0.208. The van der Waals surface area contributed by atoms with Gasteiger partial charge < -0.3 is 14.2 Å². The average molecular weight is 463 g/mol. The lowest BCUT2D eigenvalue weighted by Gasteiger charge is -2.38. The quantitative estimate of drug-likeness (QED) is 0.487. The van der Waals surface area contributed by atoms with Crippen molar-refractivity contribution in [1.82, 2.24) is 5.01 Å². The van der Waals surface area contributed by atoms with Crippen LogP contribution < -0.4 is 14.2 Å². The van der Waals surface area contributed by atoms with E-state index in [1.807, 2.05) is 30.3 Å². The van der Waals surface area contributed by atoms with Crippen molar-refractivity contribution in [2.24, 2.45) is 5.10 Å². The van der Waals surface area contributed by atoms with Crippen molar-refractivity contribution in [2.45, 2.75) is 25.6 Å². The van der Waals surface area contributed by atoms with Gasteiger partial charge in [0.2, 0.25) is 13.0 Å². The van der Waals surface area contributed by atoms with Crippen LogP contribution in [0.5, 0.6) is 17.2 Å². The van der Waals surface area contributed by atoms with Crippen LogP contribution in [0.4, 0.5) is 0 Å². The van der Waals surface area contributed by atoms with Gasteiger partial charge in [0.15, 0.2) is 11.5 Å². The predicted octanol–water partition coefficient (Wildman–Crippen LogP) is 5.73. The molecule has 6 rings (SSSR count). The van der Waals surface area contributed by atoms with Crippen LogP contribution in [0, 0.1) is 6.92 Å². The highest BCUT2D eigenvalue weighted by molar-refractivity contribution is 9.10. The number of fused-ring (bicyclic) bond motifs is 4. The number of benzene rings is 3. The second-order valence-corrected chi connectivity index (χ2v) is 8.69. The van der Waals surface area contributed by atoms with Crippen molar-refractivity contribution in [3.05, 3.63) is 87.4 Å². The summed E-state index contributed by atoms with van der Waals surface area (Å²) < 4.78 is 18.5. The number of nitrogens with zero attached hydrogens (tertiary/aromatic N) is 2. The molecule has 0 fully saturated rings. The van der Waals surface area contributed by atoms with Gasteiger partial charge in [-0.3, -0.25) is 0 Å². The Bertz CT molecular complexity index is 1180. The molecule has 6 heteroatoms. The number of halogens is 1. The van der Waals surface area contributed by atoms with Gasteiger partial charge in [0.25, 0.3) is 0 Å². The number of hydrogen-bond donors (Lipinski definition) is 0. The van der Waals surface area contributed by atoms with Crippen LogP contribution in [-0.2, 0) is 0 Å². The normalized spacial score (nSPS) is 21.0. The van der Waals surface area contributed by atoms with Gasteiger partial charge in [-0.05, 0) is 43.3 Å². The summed E-state index contributed by atoms with van der Waals surface area (Å²) in [5, 5.41) is 7.12. The zero-order valence-corrected chi connectivity index (χ0v) is 17.9. The third kappa shape index (κ3) is 2.86. The highest BCUT2D eigenvalue weighted by atomic mass is 79.9. The van der Waals surface area contributed by atoms with Gasteiger partial charge >= 0.3 is 0 Å². The van der Waals surface area contributed by atoms with Crippen molar-refractivity contribution in [3.63, 3.8) is 0 Å². The smallest absolute Gasteiger partial charge is 0.231 e. The lowest BCUT2D eigenvalue weighted by molar-refractivity contribution is -0.0190. The lowest BCUT2D eigenvalue weighted by atomic mass is 9.95. The monoisotopic (exact) mass is 462 g/mol. The second kappa shape index (κ2) is 6.77. The van der Waals surface area contributed by atoms with Crippen LogP contribution in [0.15, 0.2) is 70.2 Å². The summed E-state index contributed by atoms with van der Waals surface area (Å²) in [7, 11) is 0. The van der Waals surface area contributed by atoms with Gasteiger partial charge in [0.1, 0.15) is 5.75 Å². The maximum atomic E-state index is 6.44. The minimum Gasteiger partial charge on any atom is -0.464 e. The Kier molecular flexibility index (Phi) is 4.03. The molecule has 5 nitrogen and oxygen atoms in total. The van der Waals surface area contributed by atoms with Crippen LogP contribution in [0.2, 0.25) is 0 Å². The molecule has 0 bridgehead atoms. The van der Waals surface area contributed by atoms with Gasteiger partial charge in [0.05, 0.1) is 11.8 Å². The summed E-state index contributed by atoms with van der Waals surface area (Å²) in [5.41, 5.74) is 5.53. The molecule has 3 aliphatic heterocycles. The molecule has 0 amide bonds. The van der Waals surface area contributed by atoms with Crippen LogP contribution in [-0.4, -0.2) is 17.5 Å². The van der Waals surface area contributed by atoms with E-state index in [2.05, 4.69) is 58.2 Å². The van der Waals surface area contributed by atoms with Gasteiger partial charge in [-0.25, -0.2) is 5.01 Å². The Hall–Kier alpha value is -2.99. The van der Waals surface area contributed by atoms with Crippen LogP contribution >= 0.6 is 15.9 Å². The minimum atomic E-state index is -0.268. The number of aryl methyl sites for hydroxylation is 1. The van der Waals surface area contributed by atoms with Crippen LogP contribution in [0.1, 0.15) is 40.9 Å². The van der Waals surface area contributed by atoms with E-state index in [9.17, 15) is 0 Å². The summed E-state index contributed by atoms with van der Waals surface area (Å²) in [6.07, 6.45) is 0.533. The van der Waals surface area contributed by atoms with Crippen molar-refractivity contribution < 1.29 is 14.2 Å². The summed E-state index contributed by atoms with van der Waals surface area (Å²) in [4.78, 5) is 0. The Morgan fingerprint density at radius 3 is 2.60 bits per heavy atom. The van der Waals surface area contributed by atoms with E-state index in [-0.39, 0.29) is 19.1 Å². The minimum absolute atomic E-state index is 0.109. The third-order valence-corrected chi connectivity index (χ3v) is 6.31. The molecule has 0 aromatic heterocycles. The van der Waals surface area contributed by atoms with E-state index in [1.165, 1.54) is 5.56 Å². The Balaban J connectivity index is 1.43. The molecule has 30 heavy (non-hydrogen) atoms. The molecule has 0 saturated heterocycles. The topological polar surface area (TPSA) is 43.3 Å². The van der Waals surface area contributed by atoms with Crippen LogP contribution in [0.3, 0.4) is 0 Å². The number of hydrazone groups is 1. The summed E-state index contributed by atoms with van der Waals surface area (Å²) in [6, 6.07) is 20.8. The van der Waals surface area contributed by atoms with E-state index in [4.69, 9.17) is 19.3 Å². The molecule has 0 unspecified atom stereocenters. The Labute approximate surface area is 183 Å². The first-order valence-electron chi connectivity index (χ1n) is 9.94. The molecule has 0 aliphatic carbocycles. The average Bonchev–Trinajstić information content (AvgIpc) is 3.41. The Morgan fingerprint density at radius 2 is 1.73 bits per heavy atom. The molecule has 3 aromatic rings. The van der Waals surface area contributed by atoms with Crippen molar-refractivity contribution in [2.75, 3.05) is 6.79 Å². The first kappa shape index (κ1) is 17.8. The predicted molar refractivity (Wildman–Crippen MR) is 117 cm³/mol. The summed E-state index contributed by atoms with van der Waals surface area (Å²) >= 11 is 3.61. The third-order valence-electron chi connectivity index (χ3n) is 5.82. The molecule has 0 spiro atoms. The first-order valence-corrected chi connectivity index (χ1v) is 10.7. The Morgan fingerprint density at radius 1 is 0.933 bits per heavy atom. The molecular weight excluding hydrogens is 444 g/mol. The molecule has 150 valence electrons. The number of rotatable bonds is 2. The standard InChI is InChI=1S/C24H19BrN2O3/c1-14-2-4-15(5-3-14)24-27-20(18-11-17(25)7-9-21(18)30-24)12-19(26-27)16-6-8-22-23(10-16)29-13-28-22/h2-11,20,24H,12-13H2,1H3/t20-,24-/m0/s1.